The lowest BCUT2D eigenvalue weighted by Crippen LogP contribution is -2.17. The molecule has 0 nitrogen and oxygen atoms in total. The summed E-state index contributed by atoms with van der Waals surface area (Å²) in [5.41, 5.74) is 7.82. The minimum absolute atomic E-state index is 0.586. The zero-order chi connectivity index (χ0) is 14.8. The molecule has 0 bridgehead atoms. The van der Waals surface area contributed by atoms with E-state index in [2.05, 4.69) is 63.3 Å². The topological polar surface area (TPSA) is 0 Å². The molecule has 2 atom stereocenters. The van der Waals surface area contributed by atoms with Gasteiger partial charge >= 0.3 is 0 Å². The highest BCUT2D eigenvalue weighted by Gasteiger charge is 2.26. The van der Waals surface area contributed by atoms with E-state index in [1.54, 1.807) is 22.3 Å². The van der Waals surface area contributed by atoms with E-state index in [1.165, 1.54) is 18.4 Å². The maximum Gasteiger partial charge on any atom is 0.00853 e. The van der Waals surface area contributed by atoms with Crippen molar-refractivity contribution in [2.45, 2.75) is 46.5 Å². The summed E-state index contributed by atoms with van der Waals surface area (Å²) in [7, 11) is 0. The quantitative estimate of drug-likeness (QED) is 0.575. The lowest BCUT2D eigenvalue weighted by Gasteiger charge is -2.31. The Balaban J connectivity index is 1.95. The Labute approximate surface area is 129 Å². The average molecular weight is 278 g/mol. The van der Waals surface area contributed by atoms with Crippen molar-refractivity contribution < 1.29 is 0 Å². The Morgan fingerprint density at radius 2 is 1.62 bits per heavy atom. The molecule has 0 saturated carbocycles. The van der Waals surface area contributed by atoms with Gasteiger partial charge in [-0.25, -0.2) is 0 Å². The fourth-order valence-electron chi connectivity index (χ4n) is 3.91. The normalized spacial score (nSPS) is 29.2. The van der Waals surface area contributed by atoms with Gasteiger partial charge in [-0.3, -0.25) is 0 Å². The third-order valence-electron chi connectivity index (χ3n) is 5.29. The van der Waals surface area contributed by atoms with Gasteiger partial charge in [-0.2, -0.15) is 0 Å². The summed E-state index contributed by atoms with van der Waals surface area (Å²) in [6.45, 7) is 6.95. The highest BCUT2D eigenvalue weighted by atomic mass is 14.3. The molecule has 21 heavy (non-hydrogen) atoms. The zero-order valence-electron chi connectivity index (χ0n) is 13.5. The van der Waals surface area contributed by atoms with E-state index in [1.807, 2.05) is 0 Å². The molecule has 110 valence electrons. The predicted octanol–water partition coefficient (Wildman–Crippen LogP) is 6.07. The second-order valence-electron chi connectivity index (χ2n) is 6.63. The number of hydrogen-bond donors (Lipinski definition) is 0. The van der Waals surface area contributed by atoms with Crippen molar-refractivity contribution in [2.75, 3.05) is 0 Å². The fourth-order valence-corrected chi connectivity index (χ4v) is 3.91. The Hall–Kier alpha value is -1.56. The van der Waals surface area contributed by atoms with Gasteiger partial charge in [0.2, 0.25) is 0 Å². The van der Waals surface area contributed by atoms with E-state index in [4.69, 9.17) is 0 Å². The lowest BCUT2D eigenvalue weighted by molar-refractivity contribution is 0.650. The predicted molar refractivity (Wildman–Crippen MR) is 92.0 cm³/mol. The van der Waals surface area contributed by atoms with Crippen LogP contribution in [0.25, 0.3) is 0 Å². The van der Waals surface area contributed by atoms with Crippen LogP contribution in [0.3, 0.4) is 0 Å². The molecule has 3 rings (SSSR count). The summed E-state index contributed by atoms with van der Waals surface area (Å²) in [6.07, 6.45) is 21.0. The van der Waals surface area contributed by atoms with Crippen molar-refractivity contribution in [3.05, 3.63) is 70.4 Å². The molecule has 0 amide bonds. The minimum atomic E-state index is 0.586. The summed E-state index contributed by atoms with van der Waals surface area (Å²) < 4.78 is 0. The van der Waals surface area contributed by atoms with Crippen LogP contribution in [0.1, 0.15) is 46.5 Å². The van der Waals surface area contributed by atoms with Gasteiger partial charge in [-0.1, -0.05) is 59.3 Å². The van der Waals surface area contributed by atoms with Crippen LogP contribution in [0.15, 0.2) is 70.4 Å². The number of allylic oxidation sites excluding steroid dienone is 12. The van der Waals surface area contributed by atoms with Gasteiger partial charge in [-0.05, 0) is 57.6 Å². The molecular weight excluding hydrogens is 252 g/mol. The molecular formula is C21H26. The zero-order valence-corrected chi connectivity index (χ0v) is 13.5. The maximum atomic E-state index is 2.39. The van der Waals surface area contributed by atoms with Crippen LogP contribution in [0.5, 0.6) is 0 Å². The van der Waals surface area contributed by atoms with E-state index in [9.17, 15) is 0 Å². The van der Waals surface area contributed by atoms with E-state index >= 15 is 0 Å². The number of rotatable bonds is 2. The highest BCUT2D eigenvalue weighted by molar-refractivity contribution is 5.45. The lowest BCUT2D eigenvalue weighted by atomic mass is 9.74. The summed E-state index contributed by atoms with van der Waals surface area (Å²) in [6, 6.07) is 0. The van der Waals surface area contributed by atoms with E-state index in [-0.39, 0.29) is 0 Å². The molecule has 0 heteroatoms. The third-order valence-corrected chi connectivity index (χ3v) is 5.29. The van der Waals surface area contributed by atoms with Crippen molar-refractivity contribution in [1.82, 2.24) is 0 Å². The second-order valence-corrected chi connectivity index (χ2v) is 6.63. The maximum absolute atomic E-state index is 2.39. The van der Waals surface area contributed by atoms with Crippen LogP contribution < -0.4 is 0 Å². The fraction of sp³-hybridized carbons (Fsp3) is 0.429. The van der Waals surface area contributed by atoms with Crippen LogP contribution in [0.4, 0.5) is 0 Å². The molecule has 0 heterocycles. The molecule has 2 unspecified atom stereocenters. The largest absolute Gasteiger partial charge is 0.0839 e. The summed E-state index contributed by atoms with van der Waals surface area (Å²) in [5, 5.41) is 0. The molecule has 0 spiro atoms. The number of hydrogen-bond acceptors (Lipinski definition) is 0. The van der Waals surface area contributed by atoms with Gasteiger partial charge in [0.25, 0.3) is 0 Å². The molecule has 0 aliphatic heterocycles. The Morgan fingerprint density at radius 1 is 0.857 bits per heavy atom. The van der Waals surface area contributed by atoms with Gasteiger partial charge in [0.1, 0.15) is 0 Å². The van der Waals surface area contributed by atoms with Crippen LogP contribution in [0.2, 0.25) is 0 Å². The van der Waals surface area contributed by atoms with E-state index < -0.39 is 0 Å². The van der Waals surface area contributed by atoms with Crippen LogP contribution >= 0.6 is 0 Å². The standard InChI is InChI=1S/C21H26/c1-15-9-4-6-11-18(15)20-13-8-14-21(17(20)3)19-12-7-5-10-16(19)2/h4,6-9,12-13,18,21H,5,10-11,14H2,1-3H3. The van der Waals surface area contributed by atoms with E-state index in [0.29, 0.717) is 11.8 Å². The monoisotopic (exact) mass is 278 g/mol. The van der Waals surface area contributed by atoms with Gasteiger partial charge in [0.15, 0.2) is 0 Å². The highest BCUT2D eigenvalue weighted by Crippen LogP contribution is 2.40. The van der Waals surface area contributed by atoms with Crippen LogP contribution in [-0.4, -0.2) is 0 Å². The Morgan fingerprint density at radius 3 is 2.38 bits per heavy atom. The van der Waals surface area contributed by atoms with Crippen LogP contribution in [-0.2, 0) is 0 Å². The molecule has 0 saturated heterocycles. The average Bonchev–Trinajstić information content (AvgIpc) is 2.49. The van der Waals surface area contributed by atoms with Gasteiger partial charge in [0.05, 0.1) is 0 Å². The summed E-state index contributed by atoms with van der Waals surface area (Å²) in [4.78, 5) is 0. The minimum Gasteiger partial charge on any atom is -0.0839 e. The molecule has 0 fully saturated rings. The molecule has 0 aromatic heterocycles. The van der Waals surface area contributed by atoms with Crippen molar-refractivity contribution in [3.63, 3.8) is 0 Å². The second kappa shape index (κ2) is 6.05. The van der Waals surface area contributed by atoms with Gasteiger partial charge < -0.3 is 0 Å². The molecule has 3 aliphatic rings. The van der Waals surface area contributed by atoms with Crippen molar-refractivity contribution in [1.29, 1.82) is 0 Å². The Kier molecular flexibility index (Phi) is 4.14. The molecule has 0 aromatic rings. The SMILES string of the molecule is CC1=CC=CCC1C1=C(C)C(C2=C(C)CCC=C2)CC=C1. The first kappa shape index (κ1) is 14.4. The summed E-state index contributed by atoms with van der Waals surface area (Å²) in [5.74, 6) is 1.18. The first-order chi connectivity index (χ1) is 10.2. The molecule has 0 aromatic carbocycles. The first-order valence-electron chi connectivity index (χ1n) is 8.25. The van der Waals surface area contributed by atoms with Crippen molar-refractivity contribution >= 4 is 0 Å². The van der Waals surface area contributed by atoms with Gasteiger partial charge in [-0.15, -0.1) is 0 Å². The van der Waals surface area contributed by atoms with Crippen LogP contribution in [0, 0.1) is 11.8 Å². The van der Waals surface area contributed by atoms with Gasteiger partial charge in [0, 0.05) is 11.8 Å². The van der Waals surface area contributed by atoms with Crippen molar-refractivity contribution in [3.8, 4) is 0 Å². The molecule has 0 N–H and O–H groups in total. The molecule has 0 radical (unpaired) electrons. The van der Waals surface area contributed by atoms with Crippen molar-refractivity contribution in [2.24, 2.45) is 11.8 Å². The smallest absolute Gasteiger partial charge is 0.00853 e. The summed E-state index contributed by atoms with van der Waals surface area (Å²) >= 11 is 0. The molecule has 3 aliphatic carbocycles. The Bertz CT molecular complexity index is 602. The van der Waals surface area contributed by atoms with E-state index in [0.717, 1.165) is 12.8 Å². The third kappa shape index (κ3) is 2.77. The first-order valence-corrected chi connectivity index (χ1v) is 8.25.